The molecule has 1 heterocycles. The van der Waals surface area contributed by atoms with Crippen molar-refractivity contribution in [3.63, 3.8) is 0 Å². The Hall–Kier alpha value is -2.54. The van der Waals surface area contributed by atoms with Crippen LogP contribution in [0.25, 0.3) is 11.1 Å². The van der Waals surface area contributed by atoms with E-state index in [0.29, 0.717) is 5.92 Å². The molecule has 3 aromatic rings. The second kappa shape index (κ2) is 6.99. The van der Waals surface area contributed by atoms with Gasteiger partial charge in [-0.1, -0.05) is 86.1 Å². The van der Waals surface area contributed by atoms with E-state index in [2.05, 4.69) is 87.5 Å². The molecule has 1 heteroatoms. The summed E-state index contributed by atoms with van der Waals surface area (Å²) in [4.78, 5) is 0. The first kappa shape index (κ1) is 16.9. The first-order valence-electron chi connectivity index (χ1n) is 9.55. The molecule has 132 valence electrons. The molecule has 1 nitrogen and oxygen atoms in total. The largest absolute Gasteiger partial charge is 0.489 e. The highest BCUT2D eigenvalue weighted by Crippen LogP contribution is 2.41. The molecule has 1 unspecified atom stereocenters. The zero-order valence-corrected chi connectivity index (χ0v) is 15.8. The maximum absolute atomic E-state index is 6.46. The molecule has 1 aliphatic rings. The summed E-state index contributed by atoms with van der Waals surface area (Å²) in [6, 6.07) is 24.1. The van der Waals surface area contributed by atoms with Crippen LogP contribution in [0.5, 0.6) is 5.75 Å². The van der Waals surface area contributed by atoms with Gasteiger partial charge in [0.05, 0.1) is 0 Å². The third-order valence-corrected chi connectivity index (χ3v) is 5.29. The summed E-state index contributed by atoms with van der Waals surface area (Å²) in [5.74, 6) is 1.57. The molecule has 0 amide bonds. The number of aryl methyl sites for hydroxylation is 1. The van der Waals surface area contributed by atoms with Crippen molar-refractivity contribution in [1.82, 2.24) is 0 Å². The summed E-state index contributed by atoms with van der Waals surface area (Å²) in [5.41, 5.74) is 7.90. The molecule has 0 N–H and O–H groups in total. The Balaban J connectivity index is 1.64. The summed E-state index contributed by atoms with van der Waals surface area (Å²) in [5, 5.41) is 0. The fraction of sp³-hybridized carbons (Fsp3) is 0.280. The zero-order chi connectivity index (χ0) is 18.1. The van der Waals surface area contributed by atoms with Crippen molar-refractivity contribution in [2.75, 3.05) is 0 Å². The van der Waals surface area contributed by atoms with Crippen molar-refractivity contribution < 1.29 is 4.74 Å². The van der Waals surface area contributed by atoms with E-state index in [0.717, 1.165) is 18.6 Å². The predicted octanol–water partition coefficient (Wildman–Crippen LogP) is 6.33. The molecule has 0 fully saturated rings. The summed E-state index contributed by atoms with van der Waals surface area (Å²) in [6.45, 7) is 6.64. The third-order valence-electron chi connectivity index (χ3n) is 5.29. The van der Waals surface area contributed by atoms with E-state index in [9.17, 15) is 0 Å². The molecule has 0 saturated heterocycles. The van der Waals surface area contributed by atoms with Crippen molar-refractivity contribution in [3.05, 3.63) is 89.0 Å². The lowest BCUT2D eigenvalue weighted by Gasteiger charge is -2.16. The lowest BCUT2D eigenvalue weighted by molar-refractivity contribution is 0.234. The number of fused-ring (bicyclic) bond motifs is 1. The van der Waals surface area contributed by atoms with Crippen LogP contribution in [-0.4, -0.2) is 6.10 Å². The predicted molar refractivity (Wildman–Crippen MR) is 109 cm³/mol. The molecule has 4 rings (SSSR count). The molecule has 0 spiro atoms. The first-order valence-corrected chi connectivity index (χ1v) is 9.55. The fourth-order valence-corrected chi connectivity index (χ4v) is 3.90. The smallest absolute Gasteiger partial charge is 0.130 e. The molecule has 0 saturated carbocycles. The SMILES string of the molecule is Cc1ccc(CC2Cc3cccc(-c4ccccc4C(C)C)c3O2)cc1. The molecule has 26 heavy (non-hydrogen) atoms. The van der Waals surface area contributed by atoms with E-state index in [1.54, 1.807) is 0 Å². The molecule has 3 aromatic carbocycles. The number of hydrogen-bond acceptors (Lipinski definition) is 1. The third kappa shape index (κ3) is 3.26. The zero-order valence-electron chi connectivity index (χ0n) is 15.8. The van der Waals surface area contributed by atoms with E-state index in [1.807, 2.05) is 0 Å². The normalized spacial score (nSPS) is 15.8. The van der Waals surface area contributed by atoms with Crippen molar-refractivity contribution in [2.45, 2.75) is 45.6 Å². The van der Waals surface area contributed by atoms with Crippen molar-refractivity contribution in [3.8, 4) is 16.9 Å². The Kier molecular flexibility index (Phi) is 4.55. The van der Waals surface area contributed by atoms with E-state index >= 15 is 0 Å². The monoisotopic (exact) mass is 342 g/mol. The van der Waals surface area contributed by atoms with Crippen LogP contribution in [0.1, 0.15) is 42.0 Å². The lowest BCUT2D eigenvalue weighted by Crippen LogP contribution is -2.16. The fourth-order valence-electron chi connectivity index (χ4n) is 3.90. The van der Waals surface area contributed by atoms with Gasteiger partial charge in [0.1, 0.15) is 11.9 Å². The van der Waals surface area contributed by atoms with Crippen LogP contribution in [0.3, 0.4) is 0 Å². The van der Waals surface area contributed by atoms with E-state index in [1.165, 1.54) is 33.4 Å². The molecule has 0 aromatic heterocycles. The van der Waals surface area contributed by atoms with Crippen LogP contribution in [0, 0.1) is 6.92 Å². The van der Waals surface area contributed by atoms with Gasteiger partial charge in [-0.2, -0.15) is 0 Å². The Bertz CT molecular complexity index is 906. The minimum atomic E-state index is 0.222. The second-order valence-electron chi connectivity index (χ2n) is 7.67. The summed E-state index contributed by atoms with van der Waals surface area (Å²) in [7, 11) is 0. The van der Waals surface area contributed by atoms with Crippen LogP contribution < -0.4 is 4.74 Å². The topological polar surface area (TPSA) is 9.23 Å². The summed E-state index contributed by atoms with van der Waals surface area (Å²) >= 11 is 0. The molecule has 0 aliphatic carbocycles. The van der Waals surface area contributed by atoms with Gasteiger partial charge in [0.15, 0.2) is 0 Å². The van der Waals surface area contributed by atoms with Gasteiger partial charge in [0.2, 0.25) is 0 Å². The summed E-state index contributed by atoms with van der Waals surface area (Å²) < 4.78 is 6.46. The van der Waals surface area contributed by atoms with Gasteiger partial charge in [-0.15, -0.1) is 0 Å². The average Bonchev–Trinajstić information content (AvgIpc) is 3.06. The number of benzene rings is 3. The van der Waals surface area contributed by atoms with Crippen LogP contribution in [0.2, 0.25) is 0 Å². The Labute approximate surface area is 156 Å². The highest BCUT2D eigenvalue weighted by Gasteiger charge is 2.26. The number of para-hydroxylation sites is 1. The van der Waals surface area contributed by atoms with E-state index < -0.39 is 0 Å². The Morgan fingerprint density at radius 3 is 2.38 bits per heavy atom. The molecule has 1 atom stereocenters. The molecule has 1 aliphatic heterocycles. The standard InChI is InChI=1S/C25H26O/c1-17(2)22-8-4-5-9-23(22)24-10-6-7-20-16-21(26-25(20)24)15-19-13-11-18(3)12-14-19/h4-14,17,21H,15-16H2,1-3H3. The van der Waals surface area contributed by atoms with Gasteiger partial charge in [0, 0.05) is 18.4 Å². The molecule has 0 bridgehead atoms. The molecular weight excluding hydrogens is 316 g/mol. The van der Waals surface area contributed by atoms with Gasteiger partial charge in [-0.25, -0.2) is 0 Å². The van der Waals surface area contributed by atoms with Gasteiger partial charge in [0.25, 0.3) is 0 Å². The van der Waals surface area contributed by atoms with Gasteiger partial charge < -0.3 is 4.74 Å². The Morgan fingerprint density at radius 1 is 0.885 bits per heavy atom. The first-order chi connectivity index (χ1) is 12.6. The maximum Gasteiger partial charge on any atom is 0.130 e. The lowest BCUT2D eigenvalue weighted by atomic mass is 9.91. The van der Waals surface area contributed by atoms with Gasteiger partial charge >= 0.3 is 0 Å². The maximum atomic E-state index is 6.46. The van der Waals surface area contributed by atoms with Crippen molar-refractivity contribution >= 4 is 0 Å². The van der Waals surface area contributed by atoms with Gasteiger partial charge in [-0.3, -0.25) is 0 Å². The van der Waals surface area contributed by atoms with Crippen LogP contribution in [0.15, 0.2) is 66.7 Å². The number of hydrogen-bond donors (Lipinski definition) is 0. The quantitative estimate of drug-likeness (QED) is 0.538. The molecule has 0 radical (unpaired) electrons. The van der Waals surface area contributed by atoms with Gasteiger partial charge in [-0.05, 0) is 35.1 Å². The van der Waals surface area contributed by atoms with Crippen LogP contribution in [-0.2, 0) is 12.8 Å². The molecular formula is C25H26O. The van der Waals surface area contributed by atoms with Crippen LogP contribution >= 0.6 is 0 Å². The average molecular weight is 342 g/mol. The highest BCUT2D eigenvalue weighted by atomic mass is 16.5. The number of ether oxygens (including phenoxy) is 1. The second-order valence-corrected chi connectivity index (χ2v) is 7.67. The Morgan fingerprint density at radius 2 is 1.62 bits per heavy atom. The minimum absolute atomic E-state index is 0.222. The minimum Gasteiger partial charge on any atom is -0.489 e. The van der Waals surface area contributed by atoms with Crippen molar-refractivity contribution in [2.24, 2.45) is 0 Å². The van der Waals surface area contributed by atoms with Crippen molar-refractivity contribution in [1.29, 1.82) is 0 Å². The highest BCUT2D eigenvalue weighted by molar-refractivity contribution is 5.76. The van der Waals surface area contributed by atoms with Crippen LogP contribution in [0.4, 0.5) is 0 Å². The van der Waals surface area contributed by atoms with E-state index in [-0.39, 0.29) is 6.10 Å². The number of rotatable bonds is 4. The summed E-state index contributed by atoms with van der Waals surface area (Å²) in [6.07, 6.45) is 2.17. The van der Waals surface area contributed by atoms with E-state index in [4.69, 9.17) is 4.74 Å².